The summed E-state index contributed by atoms with van der Waals surface area (Å²) < 4.78 is 0. The van der Waals surface area contributed by atoms with Gasteiger partial charge >= 0.3 is 0 Å². The van der Waals surface area contributed by atoms with E-state index in [1.165, 1.54) is 65.1 Å². The summed E-state index contributed by atoms with van der Waals surface area (Å²) in [4.78, 5) is 7.56. The molecule has 0 aliphatic carbocycles. The predicted octanol–water partition coefficient (Wildman–Crippen LogP) is 0.554. The Kier molecular flexibility index (Phi) is 6.07. The molecule has 2 unspecified atom stereocenters. The largest absolute Gasteiger partial charge is 0.314 e. The Morgan fingerprint density at radius 3 is 2.53 bits per heavy atom. The third kappa shape index (κ3) is 4.71. The second kappa shape index (κ2) is 7.58. The summed E-state index contributed by atoms with van der Waals surface area (Å²) in [5.74, 6) is 0.878. The molecule has 0 bridgehead atoms. The van der Waals surface area contributed by atoms with Gasteiger partial charge in [0.2, 0.25) is 0 Å². The molecular weight excluding hydrogens is 236 g/mol. The summed E-state index contributed by atoms with van der Waals surface area (Å²) in [6.07, 6.45) is 4.09. The van der Waals surface area contributed by atoms with Crippen LogP contribution in [0.3, 0.4) is 0 Å². The van der Waals surface area contributed by atoms with E-state index in [1.54, 1.807) is 0 Å². The van der Waals surface area contributed by atoms with Crippen molar-refractivity contribution in [3.8, 4) is 0 Å². The van der Waals surface area contributed by atoms with Crippen molar-refractivity contribution < 1.29 is 0 Å². The summed E-state index contributed by atoms with van der Waals surface area (Å²) in [6.45, 7) is 8.67. The Bertz CT molecular complexity index is 251. The van der Waals surface area contributed by atoms with Gasteiger partial charge < -0.3 is 20.0 Å². The van der Waals surface area contributed by atoms with Crippen molar-refractivity contribution in [2.24, 2.45) is 5.92 Å². The van der Waals surface area contributed by atoms with Gasteiger partial charge in [-0.1, -0.05) is 0 Å². The highest BCUT2D eigenvalue weighted by atomic mass is 15.2. The van der Waals surface area contributed by atoms with Gasteiger partial charge in [0, 0.05) is 38.8 Å². The molecule has 0 spiro atoms. The summed E-state index contributed by atoms with van der Waals surface area (Å²) in [5.41, 5.74) is 0. The smallest absolute Gasteiger partial charge is 0.0131 e. The highest BCUT2D eigenvalue weighted by Gasteiger charge is 2.28. The Morgan fingerprint density at radius 1 is 1.21 bits per heavy atom. The number of hydrogen-bond acceptors (Lipinski definition) is 4. The zero-order chi connectivity index (χ0) is 13.7. The van der Waals surface area contributed by atoms with Crippen molar-refractivity contribution in [2.45, 2.75) is 25.3 Å². The van der Waals surface area contributed by atoms with Gasteiger partial charge in [0.15, 0.2) is 0 Å². The van der Waals surface area contributed by atoms with Gasteiger partial charge in [0.1, 0.15) is 0 Å². The average molecular weight is 268 g/mol. The first-order chi connectivity index (χ1) is 9.16. The lowest BCUT2D eigenvalue weighted by atomic mass is 9.93. The molecule has 0 amide bonds. The molecule has 1 N–H and O–H groups in total. The fourth-order valence-corrected chi connectivity index (χ4v) is 3.66. The van der Waals surface area contributed by atoms with Crippen molar-refractivity contribution in [2.75, 3.05) is 67.0 Å². The standard InChI is InChI=1S/C15H32N4/c1-17(2)15(14-6-10-18(3)13-14)5-4-9-19-11-7-16-8-12-19/h14-16H,4-13H2,1-3H3. The Balaban J connectivity index is 1.71. The number of piperazine rings is 1. The van der Waals surface area contributed by atoms with Crippen molar-refractivity contribution in [3.05, 3.63) is 0 Å². The Labute approximate surface area is 119 Å². The molecule has 2 aliphatic rings. The molecule has 0 radical (unpaired) electrons. The van der Waals surface area contributed by atoms with Gasteiger partial charge in [0.25, 0.3) is 0 Å². The van der Waals surface area contributed by atoms with Crippen LogP contribution in [0.25, 0.3) is 0 Å². The van der Waals surface area contributed by atoms with Crippen LogP contribution in [-0.2, 0) is 0 Å². The number of likely N-dealkylation sites (tertiary alicyclic amines) is 1. The maximum atomic E-state index is 3.43. The van der Waals surface area contributed by atoms with E-state index < -0.39 is 0 Å². The van der Waals surface area contributed by atoms with Crippen LogP contribution in [0.4, 0.5) is 0 Å². The first kappa shape index (κ1) is 15.2. The fraction of sp³-hybridized carbons (Fsp3) is 1.00. The molecule has 2 fully saturated rings. The van der Waals surface area contributed by atoms with Crippen LogP contribution in [0, 0.1) is 5.92 Å². The third-order valence-electron chi connectivity index (χ3n) is 4.82. The normalized spacial score (nSPS) is 28.1. The minimum Gasteiger partial charge on any atom is -0.314 e. The number of nitrogens with zero attached hydrogens (tertiary/aromatic N) is 3. The second-order valence-electron chi connectivity index (χ2n) is 6.58. The van der Waals surface area contributed by atoms with Crippen LogP contribution in [0.5, 0.6) is 0 Å². The van der Waals surface area contributed by atoms with Gasteiger partial charge in [0.05, 0.1) is 0 Å². The van der Waals surface area contributed by atoms with Crippen LogP contribution in [-0.4, -0.2) is 87.7 Å². The highest BCUT2D eigenvalue weighted by Crippen LogP contribution is 2.24. The van der Waals surface area contributed by atoms with E-state index >= 15 is 0 Å². The molecule has 0 aromatic rings. The SMILES string of the molecule is CN1CCC(C(CCCN2CCNCC2)N(C)C)C1. The summed E-state index contributed by atoms with van der Waals surface area (Å²) in [7, 11) is 6.77. The molecule has 2 atom stereocenters. The third-order valence-corrected chi connectivity index (χ3v) is 4.82. The van der Waals surface area contributed by atoms with E-state index in [0.29, 0.717) is 0 Å². The summed E-state index contributed by atoms with van der Waals surface area (Å²) >= 11 is 0. The lowest BCUT2D eigenvalue weighted by Crippen LogP contribution is -2.44. The number of rotatable bonds is 6. The van der Waals surface area contributed by atoms with Crippen LogP contribution in [0.2, 0.25) is 0 Å². The zero-order valence-electron chi connectivity index (χ0n) is 13.1. The van der Waals surface area contributed by atoms with Crippen molar-refractivity contribution in [1.29, 1.82) is 0 Å². The van der Waals surface area contributed by atoms with E-state index in [4.69, 9.17) is 0 Å². The maximum absolute atomic E-state index is 3.43. The van der Waals surface area contributed by atoms with Gasteiger partial charge in [-0.2, -0.15) is 0 Å². The number of nitrogens with one attached hydrogen (secondary N) is 1. The topological polar surface area (TPSA) is 21.8 Å². The molecule has 0 aromatic carbocycles. The van der Waals surface area contributed by atoms with Crippen LogP contribution < -0.4 is 5.32 Å². The number of hydrogen-bond donors (Lipinski definition) is 1. The molecule has 2 rings (SSSR count). The highest BCUT2D eigenvalue weighted by molar-refractivity contribution is 4.84. The molecule has 19 heavy (non-hydrogen) atoms. The molecule has 4 heteroatoms. The fourth-order valence-electron chi connectivity index (χ4n) is 3.66. The van der Waals surface area contributed by atoms with Gasteiger partial charge in [-0.3, -0.25) is 0 Å². The lowest BCUT2D eigenvalue weighted by Gasteiger charge is -2.32. The summed E-state index contributed by atoms with van der Waals surface area (Å²) in [6, 6.07) is 0.771. The van der Waals surface area contributed by atoms with Gasteiger partial charge in [-0.25, -0.2) is 0 Å². The lowest BCUT2D eigenvalue weighted by molar-refractivity contribution is 0.178. The second-order valence-corrected chi connectivity index (χ2v) is 6.58. The molecular formula is C15H32N4. The molecule has 0 aromatic heterocycles. The minimum absolute atomic E-state index is 0.771. The van der Waals surface area contributed by atoms with Crippen molar-refractivity contribution >= 4 is 0 Å². The van der Waals surface area contributed by atoms with E-state index in [0.717, 1.165) is 12.0 Å². The molecule has 2 heterocycles. The van der Waals surface area contributed by atoms with E-state index in [1.807, 2.05) is 0 Å². The summed E-state index contributed by atoms with van der Waals surface area (Å²) in [5, 5.41) is 3.43. The monoisotopic (exact) mass is 268 g/mol. The van der Waals surface area contributed by atoms with Gasteiger partial charge in [-0.05, 0) is 59.4 Å². The predicted molar refractivity (Wildman–Crippen MR) is 81.6 cm³/mol. The quantitative estimate of drug-likeness (QED) is 0.759. The maximum Gasteiger partial charge on any atom is 0.0131 e. The van der Waals surface area contributed by atoms with Crippen molar-refractivity contribution in [3.63, 3.8) is 0 Å². The molecule has 0 saturated carbocycles. The van der Waals surface area contributed by atoms with Crippen LogP contribution >= 0.6 is 0 Å². The Hall–Kier alpha value is -0.160. The van der Waals surface area contributed by atoms with Crippen molar-refractivity contribution in [1.82, 2.24) is 20.0 Å². The first-order valence-electron chi connectivity index (χ1n) is 7.95. The van der Waals surface area contributed by atoms with E-state index in [2.05, 4.69) is 41.2 Å². The van der Waals surface area contributed by atoms with E-state index in [-0.39, 0.29) is 0 Å². The molecule has 112 valence electrons. The Morgan fingerprint density at radius 2 is 1.95 bits per heavy atom. The zero-order valence-corrected chi connectivity index (χ0v) is 13.1. The first-order valence-corrected chi connectivity index (χ1v) is 7.95. The molecule has 2 saturated heterocycles. The van der Waals surface area contributed by atoms with Gasteiger partial charge in [-0.15, -0.1) is 0 Å². The van der Waals surface area contributed by atoms with Crippen LogP contribution in [0.1, 0.15) is 19.3 Å². The average Bonchev–Trinajstić information content (AvgIpc) is 2.82. The molecule has 2 aliphatic heterocycles. The molecule has 4 nitrogen and oxygen atoms in total. The van der Waals surface area contributed by atoms with E-state index in [9.17, 15) is 0 Å². The van der Waals surface area contributed by atoms with Crippen LogP contribution in [0.15, 0.2) is 0 Å². The minimum atomic E-state index is 0.771.